The Labute approximate surface area is 263 Å². The molecule has 5 aliphatic rings. The minimum Gasteiger partial charge on any atom is -0.477 e. The zero-order valence-electron chi connectivity index (χ0n) is 25.7. The van der Waals surface area contributed by atoms with Gasteiger partial charge in [0, 0.05) is 36.8 Å². The fourth-order valence-corrected chi connectivity index (χ4v) is 9.30. The van der Waals surface area contributed by atoms with E-state index in [0.717, 1.165) is 18.8 Å². The fourth-order valence-electron chi connectivity index (χ4n) is 8.36. The molecule has 1 saturated heterocycles. The van der Waals surface area contributed by atoms with E-state index in [1.54, 1.807) is 35.1 Å². The third-order valence-corrected chi connectivity index (χ3v) is 12.0. The van der Waals surface area contributed by atoms with Crippen LogP contribution < -0.4 is 19.7 Å². The minimum absolute atomic E-state index is 0.148. The molecular formula is C32H39N7O5S. The van der Waals surface area contributed by atoms with Crippen molar-refractivity contribution in [2.45, 2.75) is 62.9 Å². The summed E-state index contributed by atoms with van der Waals surface area (Å²) < 4.78 is 42.4. The zero-order valence-corrected chi connectivity index (χ0v) is 26.5. The fraction of sp³-hybridized carbons (Fsp3) is 0.562. The van der Waals surface area contributed by atoms with E-state index >= 15 is 0 Å². The van der Waals surface area contributed by atoms with Gasteiger partial charge < -0.3 is 19.7 Å². The first kappa shape index (κ1) is 28.7. The van der Waals surface area contributed by atoms with E-state index < -0.39 is 15.9 Å². The van der Waals surface area contributed by atoms with E-state index in [1.165, 1.54) is 31.7 Å². The summed E-state index contributed by atoms with van der Waals surface area (Å²) in [5.41, 5.74) is 1.10. The maximum atomic E-state index is 13.7. The lowest BCUT2D eigenvalue weighted by molar-refractivity contribution is 0.0981. The highest BCUT2D eigenvalue weighted by Crippen LogP contribution is 2.93. The third-order valence-electron chi connectivity index (χ3n) is 10.7. The van der Waals surface area contributed by atoms with Crippen molar-refractivity contribution < 1.29 is 22.7 Å². The Hall–Kier alpha value is -3.71. The number of nitrogens with one attached hydrogen (secondary N) is 2. The molecule has 5 heterocycles. The molecule has 2 N–H and O–H groups in total. The minimum atomic E-state index is -4.26. The summed E-state index contributed by atoms with van der Waals surface area (Å²) in [6.07, 6.45) is 9.26. The number of sulfonamides is 1. The van der Waals surface area contributed by atoms with Gasteiger partial charge in [0.2, 0.25) is 5.88 Å². The van der Waals surface area contributed by atoms with Gasteiger partial charge in [0.15, 0.2) is 10.8 Å². The lowest BCUT2D eigenvalue weighted by Crippen LogP contribution is -2.41. The standard InChI is InChI=1S/C32H39N7O5S/c1-30(2)18-21-19-38(30)28-22(29(40)37-45(41,42)27-5-3-4-24(34-27)33-14-17-43-20-21)6-7-25(35-28)39-15-8-26(36-39)44-16-9-23-31(10-11-31)32(23)12-13-32/h3-8,15,21,23H,9-14,16-20H2,1-2H3,(H,33,34)(H,37,40). The number of pyridine rings is 2. The second-order valence-corrected chi connectivity index (χ2v) is 15.6. The molecule has 3 aliphatic carbocycles. The molecular weight excluding hydrogens is 594 g/mol. The molecule has 0 aromatic carbocycles. The molecule has 1 amide bonds. The average molecular weight is 634 g/mol. The van der Waals surface area contributed by atoms with Crippen LogP contribution in [0.2, 0.25) is 0 Å². The highest BCUT2D eigenvalue weighted by molar-refractivity contribution is 7.90. The van der Waals surface area contributed by atoms with Crippen LogP contribution in [0.25, 0.3) is 5.82 Å². The molecule has 2 aliphatic heterocycles. The second kappa shape index (κ2) is 10.1. The van der Waals surface area contributed by atoms with Gasteiger partial charge in [0.05, 0.1) is 25.4 Å². The highest BCUT2D eigenvalue weighted by Gasteiger charge is 2.85. The lowest BCUT2D eigenvalue weighted by atomic mass is 9.96. The molecule has 8 rings (SSSR count). The van der Waals surface area contributed by atoms with Crippen LogP contribution in [-0.2, 0) is 14.8 Å². The molecule has 12 nitrogen and oxygen atoms in total. The van der Waals surface area contributed by atoms with Crippen LogP contribution in [0.5, 0.6) is 5.88 Å². The predicted octanol–water partition coefficient (Wildman–Crippen LogP) is 3.79. The first-order chi connectivity index (χ1) is 21.6. The van der Waals surface area contributed by atoms with Gasteiger partial charge >= 0.3 is 0 Å². The van der Waals surface area contributed by atoms with E-state index in [9.17, 15) is 13.2 Å². The molecule has 4 bridgehead atoms. The molecule has 1 unspecified atom stereocenters. The number of amides is 1. The van der Waals surface area contributed by atoms with E-state index in [1.807, 2.05) is 6.07 Å². The van der Waals surface area contributed by atoms with Crippen molar-refractivity contribution in [3.8, 4) is 11.7 Å². The molecule has 1 atom stereocenters. The molecule has 3 aromatic rings. The van der Waals surface area contributed by atoms with Crippen LogP contribution in [0.4, 0.5) is 11.6 Å². The largest absolute Gasteiger partial charge is 0.477 e. The van der Waals surface area contributed by atoms with Gasteiger partial charge in [0.1, 0.15) is 11.6 Å². The normalized spacial score (nSPS) is 25.3. The van der Waals surface area contributed by atoms with Gasteiger partial charge in [-0.2, -0.15) is 8.42 Å². The van der Waals surface area contributed by atoms with Gasteiger partial charge in [0.25, 0.3) is 15.9 Å². The Morgan fingerprint density at radius 3 is 2.64 bits per heavy atom. The molecule has 3 aromatic heterocycles. The summed E-state index contributed by atoms with van der Waals surface area (Å²) >= 11 is 0. The van der Waals surface area contributed by atoms with E-state index in [-0.39, 0.29) is 22.0 Å². The number of aromatic nitrogens is 4. The van der Waals surface area contributed by atoms with Gasteiger partial charge in [-0.05, 0) is 93.4 Å². The van der Waals surface area contributed by atoms with Crippen LogP contribution in [0.1, 0.15) is 62.7 Å². The molecule has 4 fully saturated rings. The third kappa shape index (κ3) is 4.95. The number of rotatable bonds is 5. The number of ether oxygens (including phenoxy) is 2. The summed E-state index contributed by atoms with van der Waals surface area (Å²) in [7, 11) is -4.26. The SMILES string of the molecule is CC1(C)CC2COCCNc3cccc(n3)S(=O)(=O)NC(=O)c3ccc(-n4ccc(OCCC5C6(CC6)C56CC6)n4)nc3N1C2. The summed E-state index contributed by atoms with van der Waals surface area (Å²) in [6, 6.07) is 9.71. The molecule has 2 spiro atoms. The van der Waals surface area contributed by atoms with Gasteiger partial charge in [-0.1, -0.05) is 6.07 Å². The van der Waals surface area contributed by atoms with Crippen molar-refractivity contribution in [3.05, 3.63) is 48.2 Å². The molecule has 0 radical (unpaired) electrons. The quantitative estimate of drug-likeness (QED) is 0.427. The Balaban J connectivity index is 1.07. The van der Waals surface area contributed by atoms with Gasteiger partial charge in [-0.15, -0.1) is 5.10 Å². The zero-order chi connectivity index (χ0) is 31.0. The van der Waals surface area contributed by atoms with Crippen LogP contribution in [0.15, 0.2) is 47.6 Å². The van der Waals surface area contributed by atoms with Crippen molar-refractivity contribution in [2.24, 2.45) is 22.7 Å². The van der Waals surface area contributed by atoms with E-state index in [0.29, 0.717) is 67.1 Å². The Morgan fingerprint density at radius 1 is 1.07 bits per heavy atom. The molecule has 3 saturated carbocycles. The lowest BCUT2D eigenvalue weighted by Gasteiger charge is -2.33. The first-order valence-corrected chi connectivity index (χ1v) is 17.4. The molecule has 45 heavy (non-hydrogen) atoms. The summed E-state index contributed by atoms with van der Waals surface area (Å²) in [6.45, 7) is 6.90. The number of carbonyl (C=O) groups excluding carboxylic acids is 1. The summed E-state index contributed by atoms with van der Waals surface area (Å²) in [5.74, 6) is 2.04. The van der Waals surface area contributed by atoms with Crippen LogP contribution in [0, 0.1) is 22.7 Å². The van der Waals surface area contributed by atoms with Crippen LogP contribution in [-0.4, -0.2) is 72.5 Å². The Kier molecular flexibility index (Phi) is 6.48. The Bertz CT molecular complexity index is 1750. The second-order valence-electron chi connectivity index (χ2n) is 13.9. The van der Waals surface area contributed by atoms with Crippen molar-refractivity contribution in [3.63, 3.8) is 0 Å². The topological polar surface area (TPSA) is 141 Å². The van der Waals surface area contributed by atoms with Crippen molar-refractivity contribution in [2.75, 3.05) is 43.1 Å². The van der Waals surface area contributed by atoms with Crippen LogP contribution >= 0.6 is 0 Å². The number of carbonyl (C=O) groups is 1. The first-order valence-electron chi connectivity index (χ1n) is 15.9. The van der Waals surface area contributed by atoms with E-state index in [4.69, 9.17) is 14.5 Å². The maximum Gasteiger partial charge on any atom is 0.281 e. The predicted molar refractivity (Wildman–Crippen MR) is 166 cm³/mol. The van der Waals surface area contributed by atoms with Gasteiger partial charge in [-0.3, -0.25) is 4.79 Å². The van der Waals surface area contributed by atoms with Crippen molar-refractivity contribution >= 4 is 27.6 Å². The molecule has 13 heteroatoms. The maximum absolute atomic E-state index is 13.7. The van der Waals surface area contributed by atoms with Gasteiger partial charge in [-0.25, -0.2) is 19.4 Å². The number of nitrogens with zero attached hydrogens (tertiary/aromatic N) is 5. The average Bonchev–Trinajstić information content (AvgIpc) is 3.96. The molecule has 238 valence electrons. The summed E-state index contributed by atoms with van der Waals surface area (Å²) in [5, 5.41) is 7.47. The summed E-state index contributed by atoms with van der Waals surface area (Å²) in [4.78, 5) is 24.9. The number of fused-ring (bicyclic) bond motifs is 7. The van der Waals surface area contributed by atoms with Crippen molar-refractivity contribution in [1.82, 2.24) is 24.5 Å². The number of anilines is 2. The van der Waals surface area contributed by atoms with E-state index in [2.05, 4.69) is 38.9 Å². The van der Waals surface area contributed by atoms with Crippen molar-refractivity contribution in [1.29, 1.82) is 0 Å². The number of hydrogen-bond donors (Lipinski definition) is 2. The Morgan fingerprint density at radius 2 is 1.87 bits per heavy atom. The van der Waals surface area contributed by atoms with Crippen LogP contribution in [0.3, 0.4) is 0 Å². The highest BCUT2D eigenvalue weighted by atomic mass is 32.2. The smallest absolute Gasteiger partial charge is 0.281 e. The monoisotopic (exact) mass is 633 g/mol. The number of hydrogen-bond acceptors (Lipinski definition) is 10.